The van der Waals surface area contributed by atoms with Gasteiger partial charge in [-0.05, 0) is 24.6 Å². The Balaban J connectivity index is 2.12. The van der Waals surface area contributed by atoms with Crippen molar-refractivity contribution in [3.8, 4) is 0 Å². The van der Waals surface area contributed by atoms with Gasteiger partial charge < -0.3 is 5.11 Å². The molecule has 0 fully saturated rings. The third-order valence-corrected chi connectivity index (χ3v) is 4.14. The minimum Gasteiger partial charge on any atom is -0.386 e. The molecule has 0 saturated heterocycles. The van der Waals surface area contributed by atoms with Gasteiger partial charge in [-0.1, -0.05) is 29.3 Å². The first-order chi connectivity index (χ1) is 8.06. The molecule has 5 heteroatoms. The van der Waals surface area contributed by atoms with Gasteiger partial charge in [0, 0.05) is 17.5 Å². The summed E-state index contributed by atoms with van der Waals surface area (Å²) < 4.78 is 0. The smallest absolute Gasteiger partial charge is 0.122 e. The molecule has 2 nitrogen and oxygen atoms in total. The van der Waals surface area contributed by atoms with Crippen molar-refractivity contribution < 1.29 is 5.11 Å². The predicted molar refractivity (Wildman–Crippen MR) is 72.0 cm³/mol. The van der Waals surface area contributed by atoms with E-state index < -0.39 is 6.10 Å². The number of aryl methyl sites for hydroxylation is 1. The van der Waals surface area contributed by atoms with Crippen LogP contribution < -0.4 is 0 Å². The number of hydrogen-bond acceptors (Lipinski definition) is 3. The number of nitrogens with zero attached hydrogens (tertiary/aromatic N) is 1. The standard InChI is InChI=1S/C12H11Cl2NOS/c1-7-6-17-12(15-7)11(16)5-8-2-3-9(13)10(14)4-8/h2-4,6,11,16H,5H2,1H3. The maximum atomic E-state index is 10.0. The van der Waals surface area contributed by atoms with E-state index in [1.54, 1.807) is 12.1 Å². The molecule has 1 atom stereocenters. The van der Waals surface area contributed by atoms with Crippen LogP contribution >= 0.6 is 34.5 Å². The van der Waals surface area contributed by atoms with Crippen molar-refractivity contribution in [2.24, 2.45) is 0 Å². The number of hydrogen-bond donors (Lipinski definition) is 1. The Hall–Kier alpha value is -0.610. The largest absolute Gasteiger partial charge is 0.386 e. The van der Waals surface area contributed by atoms with Gasteiger partial charge in [0.05, 0.1) is 10.0 Å². The number of benzene rings is 1. The van der Waals surface area contributed by atoms with Crippen LogP contribution in [0.3, 0.4) is 0 Å². The Morgan fingerprint density at radius 1 is 1.35 bits per heavy atom. The highest BCUT2D eigenvalue weighted by Crippen LogP contribution is 2.26. The van der Waals surface area contributed by atoms with Crippen molar-refractivity contribution >= 4 is 34.5 Å². The Morgan fingerprint density at radius 2 is 2.12 bits per heavy atom. The molecule has 1 heterocycles. The van der Waals surface area contributed by atoms with E-state index in [1.165, 1.54) is 11.3 Å². The lowest BCUT2D eigenvalue weighted by Gasteiger charge is -2.08. The number of aliphatic hydroxyl groups is 1. The first kappa shape index (κ1) is 12.8. The van der Waals surface area contributed by atoms with Crippen LogP contribution in [0.25, 0.3) is 0 Å². The lowest BCUT2D eigenvalue weighted by atomic mass is 10.1. The second kappa shape index (κ2) is 5.36. The van der Waals surface area contributed by atoms with Gasteiger partial charge in [0.1, 0.15) is 11.1 Å². The lowest BCUT2D eigenvalue weighted by molar-refractivity contribution is 0.178. The fraction of sp³-hybridized carbons (Fsp3) is 0.250. The summed E-state index contributed by atoms with van der Waals surface area (Å²) in [7, 11) is 0. The van der Waals surface area contributed by atoms with E-state index in [0.29, 0.717) is 16.5 Å². The Labute approximate surface area is 114 Å². The van der Waals surface area contributed by atoms with E-state index in [0.717, 1.165) is 16.3 Å². The molecule has 0 bridgehead atoms. The highest BCUT2D eigenvalue weighted by Gasteiger charge is 2.12. The molecule has 0 spiro atoms. The van der Waals surface area contributed by atoms with E-state index in [2.05, 4.69) is 4.98 Å². The first-order valence-corrected chi connectivity index (χ1v) is 6.74. The van der Waals surface area contributed by atoms with E-state index in [-0.39, 0.29) is 0 Å². The van der Waals surface area contributed by atoms with Gasteiger partial charge in [-0.25, -0.2) is 4.98 Å². The molecule has 1 unspecified atom stereocenters. The molecule has 0 aliphatic rings. The SMILES string of the molecule is Cc1csc(C(O)Cc2ccc(Cl)c(Cl)c2)n1. The van der Waals surface area contributed by atoms with Crippen LogP contribution in [0.1, 0.15) is 22.4 Å². The topological polar surface area (TPSA) is 33.1 Å². The highest BCUT2D eigenvalue weighted by atomic mass is 35.5. The molecule has 2 aromatic rings. The second-order valence-electron chi connectivity index (χ2n) is 3.80. The van der Waals surface area contributed by atoms with Crippen LogP contribution in [-0.4, -0.2) is 10.1 Å². The van der Waals surface area contributed by atoms with E-state index >= 15 is 0 Å². The zero-order valence-corrected chi connectivity index (χ0v) is 11.5. The quantitative estimate of drug-likeness (QED) is 0.924. The second-order valence-corrected chi connectivity index (χ2v) is 5.50. The Morgan fingerprint density at radius 3 is 2.71 bits per heavy atom. The average molecular weight is 288 g/mol. The van der Waals surface area contributed by atoms with Gasteiger partial charge in [-0.2, -0.15) is 0 Å². The molecule has 2 rings (SSSR count). The summed E-state index contributed by atoms with van der Waals surface area (Å²) in [6.07, 6.45) is -0.102. The zero-order chi connectivity index (χ0) is 12.4. The normalized spacial score (nSPS) is 12.7. The summed E-state index contributed by atoms with van der Waals surface area (Å²) in [5, 5.41) is 13.7. The van der Waals surface area contributed by atoms with Crippen molar-refractivity contribution in [2.75, 3.05) is 0 Å². The number of aromatic nitrogens is 1. The fourth-order valence-electron chi connectivity index (χ4n) is 1.50. The van der Waals surface area contributed by atoms with Crippen molar-refractivity contribution in [2.45, 2.75) is 19.4 Å². The minimum atomic E-state index is -0.592. The summed E-state index contributed by atoms with van der Waals surface area (Å²) in [4.78, 5) is 4.26. The molecule has 0 radical (unpaired) electrons. The first-order valence-electron chi connectivity index (χ1n) is 5.10. The van der Waals surface area contributed by atoms with Crippen LogP contribution in [0.4, 0.5) is 0 Å². The number of rotatable bonds is 3. The van der Waals surface area contributed by atoms with Crippen LogP contribution in [0.5, 0.6) is 0 Å². The van der Waals surface area contributed by atoms with Gasteiger partial charge >= 0.3 is 0 Å². The maximum Gasteiger partial charge on any atom is 0.122 e. The molecule has 17 heavy (non-hydrogen) atoms. The van der Waals surface area contributed by atoms with Gasteiger partial charge in [-0.3, -0.25) is 0 Å². The van der Waals surface area contributed by atoms with E-state index in [9.17, 15) is 5.11 Å². The van der Waals surface area contributed by atoms with Crippen LogP contribution in [-0.2, 0) is 6.42 Å². The number of thiazole rings is 1. The monoisotopic (exact) mass is 287 g/mol. The van der Waals surface area contributed by atoms with Crippen LogP contribution in [0.15, 0.2) is 23.6 Å². The van der Waals surface area contributed by atoms with Crippen LogP contribution in [0.2, 0.25) is 10.0 Å². The zero-order valence-electron chi connectivity index (χ0n) is 9.15. The van der Waals surface area contributed by atoms with E-state index in [1.807, 2.05) is 18.4 Å². The summed E-state index contributed by atoms with van der Waals surface area (Å²) in [6, 6.07) is 5.37. The molecule has 0 aliphatic carbocycles. The molecule has 0 saturated carbocycles. The van der Waals surface area contributed by atoms with Crippen molar-refractivity contribution in [3.05, 3.63) is 49.9 Å². The van der Waals surface area contributed by atoms with Gasteiger partial charge in [0.2, 0.25) is 0 Å². The molecule has 1 N–H and O–H groups in total. The summed E-state index contributed by atoms with van der Waals surface area (Å²) in [5.41, 5.74) is 1.87. The summed E-state index contributed by atoms with van der Waals surface area (Å²) in [6.45, 7) is 1.91. The van der Waals surface area contributed by atoms with Gasteiger partial charge in [0.15, 0.2) is 0 Å². The minimum absolute atomic E-state index is 0.490. The predicted octanol–water partition coefficient (Wildman–Crippen LogP) is 4.03. The molecule has 1 aromatic heterocycles. The summed E-state index contributed by atoms with van der Waals surface area (Å²) >= 11 is 13.2. The van der Waals surface area contributed by atoms with Crippen molar-refractivity contribution in [1.82, 2.24) is 4.98 Å². The third kappa shape index (κ3) is 3.19. The highest BCUT2D eigenvalue weighted by molar-refractivity contribution is 7.09. The van der Waals surface area contributed by atoms with Crippen molar-refractivity contribution in [1.29, 1.82) is 0 Å². The average Bonchev–Trinajstić information content (AvgIpc) is 2.70. The molecular weight excluding hydrogens is 277 g/mol. The number of aliphatic hydroxyl groups excluding tert-OH is 1. The van der Waals surface area contributed by atoms with Gasteiger partial charge in [-0.15, -0.1) is 11.3 Å². The number of halogens is 2. The Kier molecular flexibility index (Phi) is 4.05. The van der Waals surface area contributed by atoms with Crippen molar-refractivity contribution in [3.63, 3.8) is 0 Å². The fourth-order valence-corrected chi connectivity index (χ4v) is 2.60. The molecule has 1 aromatic carbocycles. The Bertz CT molecular complexity index is 527. The maximum absolute atomic E-state index is 10.0. The lowest BCUT2D eigenvalue weighted by Crippen LogP contribution is -2.01. The van der Waals surface area contributed by atoms with E-state index in [4.69, 9.17) is 23.2 Å². The molecule has 0 amide bonds. The molecule has 90 valence electrons. The molecule has 0 aliphatic heterocycles. The van der Waals surface area contributed by atoms with Crippen LogP contribution in [0, 0.1) is 6.92 Å². The van der Waals surface area contributed by atoms with Gasteiger partial charge in [0.25, 0.3) is 0 Å². The third-order valence-electron chi connectivity index (χ3n) is 2.33. The summed E-state index contributed by atoms with van der Waals surface area (Å²) in [5.74, 6) is 0. The molecular formula is C12H11Cl2NOS.